The zero-order valence-corrected chi connectivity index (χ0v) is 17.7. The van der Waals surface area contributed by atoms with Gasteiger partial charge in [-0.3, -0.25) is 14.7 Å². The molecule has 0 unspecified atom stereocenters. The topological polar surface area (TPSA) is 105 Å². The lowest BCUT2D eigenvalue weighted by Gasteiger charge is -2.16. The number of ether oxygens (including phenoxy) is 2. The number of carbonyl (C=O) groups is 2. The van der Waals surface area contributed by atoms with E-state index >= 15 is 0 Å². The Bertz CT molecular complexity index is 1150. The van der Waals surface area contributed by atoms with Gasteiger partial charge in [0, 0.05) is 30.5 Å². The van der Waals surface area contributed by atoms with Crippen LogP contribution in [0, 0.1) is 34.8 Å². The number of hydrogen-bond donors (Lipinski definition) is 1. The van der Waals surface area contributed by atoms with Gasteiger partial charge in [-0.25, -0.2) is 13.6 Å². The van der Waals surface area contributed by atoms with Gasteiger partial charge in [0.15, 0.2) is 0 Å². The van der Waals surface area contributed by atoms with Gasteiger partial charge in [-0.1, -0.05) is 6.07 Å². The molecule has 1 N–H and O–H groups in total. The first-order chi connectivity index (χ1) is 15.8. The van der Waals surface area contributed by atoms with E-state index in [1.807, 2.05) is 0 Å². The minimum Gasteiger partial charge on any atom is -0.442 e. The number of anilines is 1. The first-order valence-corrected chi connectivity index (χ1v) is 10.5. The van der Waals surface area contributed by atoms with E-state index in [0.29, 0.717) is 18.9 Å². The number of nitrogens with one attached hydrogen (secondary N) is 1. The Morgan fingerprint density at radius 3 is 2.58 bits per heavy atom. The molecule has 0 bridgehead atoms. The molecular formula is C23H20F2N4O4. The van der Waals surface area contributed by atoms with E-state index in [9.17, 15) is 23.6 Å². The molecule has 3 fully saturated rings. The van der Waals surface area contributed by atoms with Crippen molar-refractivity contribution in [2.24, 2.45) is 11.8 Å². The van der Waals surface area contributed by atoms with Crippen LogP contribution in [-0.2, 0) is 19.7 Å². The van der Waals surface area contributed by atoms with Crippen LogP contribution in [0.15, 0.2) is 30.5 Å². The number of nitrogens with zero attached hydrogens (tertiary/aromatic N) is 3. The molecule has 3 aliphatic rings. The molecule has 2 aromatic rings. The Morgan fingerprint density at radius 2 is 2.00 bits per heavy atom. The van der Waals surface area contributed by atoms with Gasteiger partial charge in [-0.15, -0.1) is 0 Å². The fourth-order valence-electron chi connectivity index (χ4n) is 4.83. The number of amides is 2. The highest BCUT2D eigenvalue weighted by Gasteiger charge is 2.70. The molecule has 10 heteroatoms. The largest absolute Gasteiger partial charge is 0.442 e. The Morgan fingerprint density at radius 1 is 1.30 bits per heavy atom. The predicted molar refractivity (Wildman–Crippen MR) is 111 cm³/mol. The monoisotopic (exact) mass is 454 g/mol. The summed E-state index contributed by atoms with van der Waals surface area (Å²) in [6, 6.07) is 7.66. The first kappa shape index (κ1) is 21.3. The van der Waals surface area contributed by atoms with E-state index in [1.165, 1.54) is 13.1 Å². The van der Waals surface area contributed by atoms with E-state index in [4.69, 9.17) is 9.47 Å². The van der Waals surface area contributed by atoms with Crippen molar-refractivity contribution >= 4 is 17.7 Å². The lowest BCUT2D eigenvalue weighted by atomic mass is 9.96. The number of benzene rings is 1. The molecule has 33 heavy (non-hydrogen) atoms. The second-order valence-corrected chi connectivity index (χ2v) is 8.50. The molecule has 8 nitrogen and oxygen atoms in total. The molecule has 1 aromatic carbocycles. The molecule has 2 saturated heterocycles. The summed E-state index contributed by atoms with van der Waals surface area (Å²) < 4.78 is 40.4. The number of halogens is 2. The lowest BCUT2D eigenvalue weighted by molar-refractivity contribution is -0.119. The zero-order chi connectivity index (χ0) is 23.3. The molecule has 2 aliphatic heterocycles. The molecule has 1 aliphatic carbocycles. The molecule has 3 heterocycles. The van der Waals surface area contributed by atoms with Crippen LogP contribution in [0.3, 0.4) is 0 Å². The van der Waals surface area contributed by atoms with E-state index in [0.717, 1.165) is 17.0 Å². The first-order valence-electron chi connectivity index (χ1n) is 10.5. The summed E-state index contributed by atoms with van der Waals surface area (Å²) in [7, 11) is 0. The maximum absolute atomic E-state index is 15.0. The number of cyclic esters (lactones) is 1. The molecule has 170 valence electrons. The van der Waals surface area contributed by atoms with Crippen LogP contribution in [0.2, 0.25) is 0 Å². The minimum absolute atomic E-state index is 0.0166. The van der Waals surface area contributed by atoms with Gasteiger partial charge in [0.1, 0.15) is 23.2 Å². The van der Waals surface area contributed by atoms with Gasteiger partial charge in [-0.05, 0) is 18.2 Å². The van der Waals surface area contributed by atoms with Crippen molar-refractivity contribution in [3.05, 3.63) is 47.8 Å². The Balaban J connectivity index is 1.37. The van der Waals surface area contributed by atoms with Crippen LogP contribution in [0.1, 0.15) is 12.6 Å². The minimum atomic E-state index is -0.857. The van der Waals surface area contributed by atoms with Crippen LogP contribution in [0.4, 0.5) is 19.3 Å². The molecule has 0 spiro atoms. The quantitative estimate of drug-likeness (QED) is 0.745. The van der Waals surface area contributed by atoms with Crippen molar-refractivity contribution in [1.29, 1.82) is 5.26 Å². The number of carbonyl (C=O) groups excluding carboxylic acids is 2. The maximum atomic E-state index is 15.0. The lowest BCUT2D eigenvalue weighted by Crippen LogP contribution is -2.33. The Hall–Kier alpha value is -3.58. The predicted octanol–water partition coefficient (Wildman–Crippen LogP) is 2.53. The van der Waals surface area contributed by atoms with E-state index in [1.54, 1.807) is 12.1 Å². The van der Waals surface area contributed by atoms with Gasteiger partial charge in [0.2, 0.25) is 5.91 Å². The van der Waals surface area contributed by atoms with Crippen molar-refractivity contribution in [2.45, 2.75) is 18.4 Å². The highest BCUT2D eigenvalue weighted by Crippen LogP contribution is 2.62. The van der Waals surface area contributed by atoms with Crippen LogP contribution >= 0.6 is 0 Å². The second-order valence-electron chi connectivity index (χ2n) is 8.50. The van der Waals surface area contributed by atoms with Gasteiger partial charge < -0.3 is 14.8 Å². The highest BCUT2D eigenvalue weighted by molar-refractivity contribution is 5.90. The van der Waals surface area contributed by atoms with E-state index in [2.05, 4.69) is 16.4 Å². The average Bonchev–Trinajstić information content (AvgIpc) is 3.09. The normalized spacial score (nSPS) is 27.6. The van der Waals surface area contributed by atoms with Gasteiger partial charge in [0.05, 0.1) is 49.3 Å². The molecule has 3 atom stereocenters. The maximum Gasteiger partial charge on any atom is 0.414 e. The third-order valence-electron chi connectivity index (χ3n) is 6.59. The standard InChI is InChI=1S/C23H20F2N4O4/c1-12(30)27-7-15-8-29(22(31)33-15)14-4-18(24)21(19(25)5-14)13-2-3-20(28-6-13)23(11-26)16-9-32-10-17(16)23/h2-6,15-17H,7-10H2,1H3,(H,27,30)/t15-,16-,17-/m0/s1. The van der Waals surface area contributed by atoms with Crippen LogP contribution in [0.5, 0.6) is 0 Å². The van der Waals surface area contributed by atoms with Gasteiger partial charge in [-0.2, -0.15) is 5.26 Å². The fourth-order valence-corrected chi connectivity index (χ4v) is 4.83. The Kier molecular flexibility index (Phi) is 5.01. The zero-order valence-electron chi connectivity index (χ0n) is 17.7. The number of nitriles is 1. The van der Waals surface area contributed by atoms with Crippen molar-refractivity contribution in [2.75, 3.05) is 31.2 Å². The molecule has 1 saturated carbocycles. The van der Waals surface area contributed by atoms with E-state index < -0.39 is 29.2 Å². The van der Waals surface area contributed by atoms with Crippen LogP contribution in [-0.4, -0.2) is 49.4 Å². The third kappa shape index (κ3) is 3.40. The summed E-state index contributed by atoms with van der Waals surface area (Å²) in [6.45, 7) is 2.52. The summed E-state index contributed by atoms with van der Waals surface area (Å²) in [5.41, 5.74) is -0.146. The van der Waals surface area contributed by atoms with Crippen molar-refractivity contribution in [3.63, 3.8) is 0 Å². The SMILES string of the molecule is CC(=O)NC[C@H]1CN(c2cc(F)c(-c3ccc(C4(C#N)[C@H]5COC[C@@H]54)nc3)c(F)c2)C(=O)O1. The van der Waals surface area contributed by atoms with Gasteiger partial charge in [0.25, 0.3) is 0 Å². The number of rotatable bonds is 5. The summed E-state index contributed by atoms with van der Waals surface area (Å²) in [4.78, 5) is 28.7. The van der Waals surface area contributed by atoms with Crippen LogP contribution < -0.4 is 10.2 Å². The summed E-state index contributed by atoms with van der Waals surface area (Å²) in [5.74, 6) is -1.79. The number of hydrogen-bond acceptors (Lipinski definition) is 6. The number of aromatic nitrogens is 1. The summed E-state index contributed by atoms with van der Waals surface area (Å²) >= 11 is 0. The summed E-state index contributed by atoms with van der Waals surface area (Å²) in [6.07, 6.45) is -0.00895. The fraction of sp³-hybridized carbons (Fsp3) is 0.391. The number of pyridine rings is 1. The molecular weight excluding hydrogens is 434 g/mol. The second kappa shape index (κ2) is 7.78. The highest BCUT2D eigenvalue weighted by atomic mass is 19.1. The summed E-state index contributed by atoms with van der Waals surface area (Å²) in [5, 5.41) is 12.2. The van der Waals surface area contributed by atoms with Crippen molar-refractivity contribution < 1.29 is 27.8 Å². The molecule has 2 amide bonds. The van der Waals surface area contributed by atoms with E-state index in [-0.39, 0.29) is 47.6 Å². The third-order valence-corrected chi connectivity index (χ3v) is 6.59. The molecule has 5 rings (SSSR count). The smallest absolute Gasteiger partial charge is 0.414 e. The molecule has 1 aromatic heterocycles. The van der Waals surface area contributed by atoms with Crippen LogP contribution in [0.25, 0.3) is 11.1 Å². The van der Waals surface area contributed by atoms with Crippen molar-refractivity contribution in [1.82, 2.24) is 10.3 Å². The van der Waals surface area contributed by atoms with Gasteiger partial charge >= 0.3 is 6.09 Å². The van der Waals surface area contributed by atoms with Crippen molar-refractivity contribution in [3.8, 4) is 17.2 Å². The average molecular weight is 454 g/mol. The molecule has 0 radical (unpaired) electrons. The Labute approximate surface area is 188 Å². The number of fused-ring (bicyclic) bond motifs is 1.